The number of thiophene rings is 1. The Labute approximate surface area is 120 Å². The highest BCUT2D eigenvalue weighted by atomic mass is 79.9. The highest BCUT2D eigenvalue weighted by Gasteiger charge is 2.04. The fourth-order valence-corrected chi connectivity index (χ4v) is 2.96. The van der Waals surface area contributed by atoms with Gasteiger partial charge in [0.15, 0.2) is 0 Å². The summed E-state index contributed by atoms with van der Waals surface area (Å²) in [5.74, 6) is 0. The Hall–Kier alpha value is -0.680. The van der Waals surface area contributed by atoms with E-state index in [1.807, 2.05) is 19.1 Å². The van der Waals surface area contributed by atoms with E-state index < -0.39 is 0 Å². The van der Waals surface area contributed by atoms with Gasteiger partial charge in [-0.15, -0.1) is 11.3 Å². The zero-order chi connectivity index (χ0) is 13.0. The number of benzene rings is 1. The van der Waals surface area contributed by atoms with Gasteiger partial charge in [-0.05, 0) is 36.8 Å². The zero-order valence-corrected chi connectivity index (χ0v) is 12.6. The molecule has 0 spiro atoms. The predicted octanol–water partition coefficient (Wildman–Crippen LogP) is 3.65. The van der Waals surface area contributed by atoms with Gasteiger partial charge in [-0.3, -0.25) is 0 Å². The summed E-state index contributed by atoms with van der Waals surface area (Å²) in [6.45, 7) is 2.95. The molecule has 0 saturated carbocycles. The maximum atomic E-state index is 8.96. The predicted molar refractivity (Wildman–Crippen MR) is 80.8 cm³/mol. The second-order valence-corrected chi connectivity index (χ2v) is 6.32. The van der Waals surface area contributed by atoms with Crippen LogP contribution in [0.1, 0.15) is 11.8 Å². The van der Waals surface area contributed by atoms with Gasteiger partial charge in [0.05, 0.1) is 6.61 Å². The van der Waals surface area contributed by atoms with Gasteiger partial charge in [-0.25, -0.2) is 0 Å². The lowest BCUT2D eigenvalue weighted by molar-refractivity contribution is 0.251. The van der Waals surface area contributed by atoms with Crippen molar-refractivity contribution >= 4 is 27.3 Å². The topological polar surface area (TPSA) is 32.3 Å². The van der Waals surface area contributed by atoms with Crippen molar-refractivity contribution in [1.82, 2.24) is 5.32 Å². The lowest BCUT2D eigenvalue weighted by Crippen LogP contribution is -2.28. The van der Waals surface area contributed by atoms with E-state index >= 15 is 0 Å². The summed E-state index contributed by atoms with van der Waals surface area (Å²) in [6.07, 6.45) is 0. The highest BCUT2D eigenvalue weighted by molar-refractivity contribution is 9.10. The largest absolute Gasteiger partial charge is 0.395 e. The first-order valence-corrected chi connectivity index (χ1v) is 7.49. The Morgan fingerprint density at radius 2 is 2.17 bits per heavy atom. The number of aliphatic hydroxyl groups is 1. The number of aliphatic hydroxyl groups excluding tert-OH is 1. The van der Waals surface area contributed by atoms with Crippen LogP contribution >= 0.6 is 27.3 Å². The molecule has 0 aliphatic heterocycles. The number of hydrogen-bond donors (Lipinski definition) is 2. The van der Waals surface area contributed by atoms with Crippen molar-refractivity contribution in [3.8, 4) is 10.4 Å². The summed E-state index contributed by atoms with van der Waals surface area (Å²) in [5, 5.41) is 12.2. The van der Waals surface area contributed by atoms with Crippen molar-refractivity contribution in [2.45, 2.75) is 19.5 Å². The van der Waals surface area contributed by atoms with Crippen LogP contribution in [-0.4, -0.2) is 17.8 Å². The molecule has 2 aromatic rings. The fourth-order valence-electron chi connectivity index (χ4n) is 1.61. The van der Waals surface area contributed by atoms with E-state index in [0.29, 0.717) is 0 Å². The molecule has 1 aromatic carbocycles. The average Bonchev–Trinajstić information content (AvgIpc) is 2.84. The molecule has 4 heteroatoms. The molecule has 0 aliphatic rings. The minimum absolute atomic E-state index is 0.140. The molecule has 0 saturated heterocycles. The zero-order valence-electron chi connectivity index (χ0n) is 10.2. The van der Waals surface area contributed by atoms with Gasteiger partial charge in [0.1, 0.15) is 0 Å². The van der Waals surface area contributed by atoms with Crippen molar-refractivity contribution < 1.29 is 5.11 Å². The van der Waals surface area contributed by atoms with Crippen molar-refractivity contribution in [2.75, 3.05) is 6.61 Å². The van der Waals surface area contributed by atoms with Gasteiger partial charge in [-0.2, -0.15) is 0 Å². The average molecular weight is 326 g/mol. The van der Waals surface area contributed by atoms with Gasteiger partial charge in [-0.1, -0.05) is 28.1 Å². The molecular weight excluding hydrogens is 310 g/mol. The number of nitrogens with one attached hydrogen (secondary N) is 1. The summed E-state index contributed by atoms with van der Waals surface area (Å²) in [4.78, 5) is 2.55. The van der Waals surface area contributed by atoms with E-state index in [4.69, 9.17) is 5.11 Å². The maximum Gasteiger partial charge on any atom is 0.0582 e. The van der Waals surface area contributed by atoms with Gasteiger partial charge < -0.3 is 10.4 Å². The number of hydrogen-bond acceptors (Lipinski definition) is 3. The second kappa shape index (κ2) is 6.48. The standard InChI is InChI=1S/C14H16BrNOS/c1-10(9-17)16-8-13-5-6-14(18-13)11-3-2-4-12(15)7-11/h2-7,10,16-17H,8-9H2,1H3/t10-/m1/s1. The Bertz CT molecular complexity index is 512. The highest BCUT2D eigenvalue weighted by Crippen LogP contribution is 2.29. The molecule has 0 aliphatic carbocycles. The van der Waals surface area contributed by atoms with E-state index in [0.717, 1.165) is 11.0 Å². The van der Waals surface area contributed by atoms with Crippen molar-refractivity contribution in [2.24, 2.45) is 0 Å². The van der Waals surface area contributed by atoms with Crippen LogP contribution in [0.3, 0.4) is 0 Å². The summed E-state index contributed by atoms with van der Waals surface area (Å²) in [6, 6.07) is 12.7. The van der Waals surface area contributed by atoms with Crippen LogP contribution in [0.2, 0.25) is 0 Å². The fraction of sp³-hybridized carbons (Fsp3) is 0.286. The van der Waals surface area contributed by atoms with Crippen molar-refractivity contribution in [1.29, 1.82) is 0 Å². The molecule has 0 amide bonds. The Kier molecular flexibility index (Phi) is 4.95. The molecule has 0 bridgehead atoms. The van der Waals surface area contributed by atoms with Gasteiger partial charge in [0.25, 0.3) is 0 Å². The lowest BCUT2D eigenvalue weighted by Gasteiger charge is -2.08. The third-order valence-corrected chi connectivity index (χ3v) is 4.30. The van der Waals surface area contributed by atoms with Gasteiger partial charge in [0, 0.05) is 26.8 Å². The lowest BCUT2D eigenvalue weighted by atomic mass is 10.2. The molecule has 2 N–H and O–H groups in total. The third kappa shape index (κ3) is 3.65. The molecular formula is C14H16BrNOS. The first-order valence-electron chi connectivity index (χ1n) is 5.88. The van der Waals surface area contributed by atoms with Crippen LogP contribution in [0.15, 0.2) is 40.9 Å². The molecule has 2 nitrogen and oxygen atoms in total. The van der Waals surface area contributed by atoms with E-state index in [1.54, 1.807) is 11.3 Å². The van der Waals surface area contributed by atoms with Crippen molar-refractivity contribution in [3.63, 3.8) is 0 Å². The summed E-state index contributed by atoms with van der Waals surface area (Å²) in [5.41, 5.74) is 1.23. The van der Waals surface area contributed by atoms with Crippen LogP contribution in [0, 0.1) is 0 Å². The first kappa shape index (κ1) is 13.7. The van der Waals surface area contributed by atoms with E-state index in [-0.39, 0.29) is 12.6 Å². The molecule has 1 atom stereocenters. The van der Waals surface area contributed by atoms with E-state index in [9.17, 15) is 0 Å². The second-order valence-electron chi connectivity index (χ2n) is 4.24. The van der Waals surface area contributed by atoms with Crippen LogP contribution < -0.4 is 5.32 Å². The normalized spacial score (nSPS) is 12.6. The van der Waals surface area contributed by atoms with Gasteiger partial charge in [0.2, 0.25) is 0 Å². The van der Waals surface area contributed by atoms with E-state index in [1.165, 1.54) is 15.3 Å². The molecule has 0 radical (unpaired) electrons. The number of rotatable bonds is 5. The summed E-state index contributed by atoms with van der Waals surface area (Å²) < 4.78 is 1.10. The minimum Gasteiger partial charge on any atom is -0.395 e. The first-order chi connectivity index (χ1) is 8.69. The maximum absolute atomic E-state index is 8.96. The van der Waals surface area contributed by atoms with Crippen LogP contribution in [0.5, 0.6) is 0 Å². The van der Waals surface area contributed by atoms with E-state index in [2.05, 4.69) is 45.5 Å². The molecule has 1 heterocycles. The molecule has 18 heavy (non-hydrogen) atoms. The number of halogens is 1. The van der Waals surface area contributed by atoms with Crippen LogP contribution in [0.4, 0.5) is 0 Å². The van der Waals surface area contributed by atoms with Crippen LogP contribution in [0.25, 0.3) is 10.4 Å². The molecule has 0 fully saturated rings. The Morgan fingerprint density at radius 1 is 1.33 bits per heavy atom. The quantitative estimate of drug-likeness (QED) is 0.879. The van der Waals surface area contributed by atoms with Crippen LogP contribution in [-0.2, 0) is 6.54 Å². The third-order valence-electron chi connectivity index (χ3n) is 2.67. The SMILES string of the molecule is C[C@H](CO)NCc1ccc(-c2cccc(Br)c2)s1. The van der Waals surface area contributed by atoms with Gasteiger partial charge >= 0.3 is 0 Å². The molecule has 2 rings (SSSR count). The Morgan fingerprint density at radius 3 is 2.89 bits per heavy atom. The summed E-state index contributed by atoms with van der Waals surface area (Å²) >= 11 is 5.27. The summed E-state index contributed by atoms with van der Waals surface area (Å²) in [7, 11) is 0. The monoisotopic (exact) mass is 325 g/mol. The van der Waals surface area contributed by atoms with Crippen molar-refractivity contribution in [3.05, 3.63) is 45.7 Å². The molecule has 96 valence electrons. The Balaban J connectivity index is 2.06. The molecule has 1 aromatic heterocycles. The minimum atomic E-state index is 0.140. The smallest absolute Gasteiger partial charge is 0.0582 e. The molecule has 0 unspecified atom stereocenters.